The van der Waals surface area contributed by atoms with E-state index in [2.05, 4.69) is 9.98 Å². The molecule has 0 aliphatic heterocycles. The number of carboxylic acid groups (broad SMARTS) is 1. The Bertz CT molecular complexity index is 795. The summed E-state index contributed by atoms with van der Waals surface area (Å²) in [5, 5.41) is 10.3. The van der Waals surface area contributed by atoms with Crippen LogP contribution >= 0.6 is 0 Å². The number of fused-ring (bicyclic) bond motifs is 1. The van der Waals surface area contributed by atoms with E-state index in [9.17, 15) is 14.7 Å². The Balaban J connectivity index is 1.93. The number of aromatic nitrogens is 1. The number of hydrogen-bond donors (Lipinski definition) is 5. The van der Waals surface area contributed by atoms with Crippen LogP contribution in [0, 0.1) is 5.92 Å². The third-order valence-electron chi connectivity index (χ3n) is 4.33. The van der Waals surface area contributed by atoms with Gasteiger partial charge in [-0.2, -0.15) is 0 Å². The quantitative estimate of drug-likeness (QED) is 0.239. The Morgan fingerprint density at radius 1 is 1.23 bits per heavy atom. The van der Waals surface area contributed by atoms with Gasteiger partial charge >= 0.3 is 5.97 Å². The van der Waals surface area contributed by atoms with E-state index in [1.807, 2.05) is 30.5 Å². The van der Waals surface area contributed by atoms with E-state index in [4.69, 9.17) is 17.2 Å². The van der Waals surface area contributed by atoms with Gasteiger partial charge in [0.15, 0.2) is 11.7 Å². The molecule has 2 atom stereocenters. The standard InChI is InChI=1S/C18H25N5O3/c19-14(8-12-10-23-15-6-2-1-5-13(12)15)16(24)9-11(17(25)26)4-3-7-22-18(20)21/h1-2,5-6,10-11,14,23H,3-4,7-9,19H2,(H,25,26)(H4,20,21,22)/t11-,14+/m1/s1. The molecule has 0 amide bonds. The van der Waals surface area contributed by atoms with Crippen LogP contribution in [0.1, 0.15) is 24.8 Å². The normalized spacial score (nSPS) is 13.3. The Morgan fingerprint density at radius 3 is 2.65 bits per heavy atom. The van der Waals surface area contributed by atoms with Crippen molar-refractivity contribution in [3.8, 4) is 0 Å². The molecule has 0 saturated heterocycles. The highest BCUT2D eigenvalue weighted by atomic mass is 16.4. The van der Waals surface area contributed by atoms with Crippen LogP contribution in [-0.4, -0.2) is 40.4 Å². The smallest absolute Gasteiger partial charge is 0.306 e. The molecule has 0 saturated carbocycles. The van der Waals surface area contributed by atoms with E-state index < -0.39 is 17.9 Å². The molecular weight excluding hydrogens is 334 g/mol. The summed E-state index contributed by atoms with van der Waals surface area (Å²) in [6.45, 7) is 0.335. The van der Waals surface area contributed by atoms with E-state index in [0.717, 1.165) is 16.5 Å². The van der Waals surface area contributed by atoms with Crippen LogP contribution in [0.3, 0.4) is 0 Å². The number of ketones is 1. The van der Waals surface area contributed by atoms with Gasteiger partial charge in [0, 0.05) is 30.1 Å². The van der Waals surface area contributed by atoms with Crippen molar-refractivity contribution >= 4 is 28.6 Å². The topological polar surface area (TPSA) is 161 Å². The number of aromatic amines is 1. The second-order valence-electron chi connectivity index (χ2n) is 6.32. The number of guanidine groups is 1. The van der Waals surface area contributed by atoms with Gasteiger partial charge in [0.1, 0.15) is 0 Å². The van der Waals surface area contributed by atoms with Crippen molar-refractivity contribution < 1.29 is 14.7 Å². The molecule has 8 N–H and O–H groups in total. The summed E-state index contributed by atoms with van der Waals surface area (Å²) in [7, 11) is 0. The van der Waals surface area contributed by atoms with Crippen molar-refractivity contribution in [2.75, 3.05) is 6.54 Å². The van der Waals surface area contributed by atoms with Gasteiger partial charge in [-0.3, -0.25) is 14.6 Å². The Kier molecular flexibility index (Phi) is 6.74. The zero-order valence-electron chi connectivity index (χ0n) is 14.5. The molecule has 0 spiro atoms. The fourth-order valence-electron chi connectivity index (χ4n) is 2.90. The third-order valence-corrected chi connectivity index (χ3v) is 4.33. The third kappa shape index (κ3) is 5.32. The minimum atomic E-state index is -1.01. The maximum atomic E-state index is 12.4. The predicted molar refractivity (Wildman–Crippen MR) is 101 cm³/mol. The highest BCUT2D eigenvalue weighted by molar-refractivity contribution is 5.89. The molecule has 8 nitrogen and oxygen atoms in total. The van der Waals surface area contributed by atoms with Gasteiger partial charge in [0.25, 0.3) is 0 Å². The van der Waals surface area contributed by atoms with Crippen LogP contribution in [0.25, 0.3) is 10.9 Å². The Hall–Kier alpha value is -2.87. The van der Waals surface area contributed by atoms with Crippen molar-refractivity contribution in [1.82, 2.24) is 4.98 Å². The first kappa shape index (κ1) is 19.5. The molecule has 0 aliphatic rings. The number of carbonyl (C=O) groups excluding carboxylic acids is 1. The first-order valence-corrected chi connectivity index (χ1v) is 8.50. The maximum Gasteiger partial charge on any atom is 0.306 e. The fraction of sp³-hybridized carbons (Fsp3) is 0.389. The number of carbonyl (C=O) groups is 2. The molecule has 8 heteroatoms. The number of nitrogens with two attached hydrogens (primary N) is 3. The molecule has 0 aliphatic carbocycles. The van der Waals surface area contributed by atoms with Crippen LogP contribution in [0.2, 0.25) is 0 Å². The number of nitrogens with zero attached hydrogens (tertiary/aromatic N) is 1. The lowest BCUT2D eigenvalue weighted by Gasteiger charge is -2.15. The van der Waals surface area contributed by atoms with Gasteiger partial charge in [-0.25, -0.2) is 0 Å². The summed E-state index contributed by atoms with van der Waals surface area (Å²) < 4.78 is 0. The van der Waals surface area contributed by atoms with E-state index in [1.54, 1.807) is 0 Å². The van der Waals surface area contributed by atoms with E-state index in [-0.39, 0.29) is 18.2 Å². The highest BCUT2D eigenvalue weighted by Gasteiger charge is 2.24. The molecule has 2 aromatic rings. The maximum absolute atomic E-state index is 12.4. The lowest BCUT2D eigenvalue weighted by molar-refractivity contribution is -0.144. The second kappa shape index (κ2) is 9.00. The predicted octanol–water partition coefficient (Wildman–Crippen LogP) is 0.751. The van der Waals surface area contributed by atoms with Crippen molar-refractivity contribution in [3.05, 3.63) is 36.0 Å². The van der Waals surface area contributed by atoms with Crippen LogP contribution in [0.5, 0.6) is 0 Å². The van der Waals surface area contributed by atoms with Gasteiger partial charge in [-0.1, -0.05) is 18.2 Å². The zero-order chi connectivity index (χ0) is 19.1. The Morgan fingerprint density at radius 2 is 1.96 bits per heavy atom. The molecule has 0 radical (unpaired) electrons. The number of rotatable bonds is 10. The van der Waals surface area contributed by atoms with Crippen LogP contribution in [0.4, 0.5) is 0 Å². The zero-order valence-corrected chi connectivity index (χ0v) is 14.5. The molecule has 1 heterocycles. The number of nitrogens with one attached hydrogen (secondary N) is 1. The molecule has 26 heavy (non-hydrogen) atoms. The number of benzene rings is 1. The summed E-state index contributed by atoms with van der Waals surface area (Å²) >= 11 is 0. The van der Waals surface area contributed by atoms with Crippen molar-refractivity contribution in [3.63, 3.8) is 0 Å². The summed E-state index contributed by atoms with van der Waals surface area (Å²) in [6, 6.07) is 7.01. The molecule has 0 fully saturated rings. The number of para-hydroxylation sites is 1. The number of carboxylic acids is 1. The molecule has 2 rings (SSSR count). The summed E-state index contributed by atoms with van der Waals surface area (Å²) in [5.41, 5.74) is 18.4. The molecular formula is C18H25N5O3. The summed E-state index contributed by atoms with van der Waals surface area (Å²) in [5.74, 6) is -2.09. The summed E-state index contributed by atoms with van der Waals surface area (Å²) in [4.78, 5) is 30.7. The fourth-order valence-corrected chi connectivity index (χ4v) is 2.90. The average molecular weight is 359 g/mol. The van der Waals surface area contributed by atoms with E-state index in [1.165, 1.54) is 0 Å². The van der Waals surface area contributed by atoms with Crippen molar-refractivity contribution in [2.24, 2.45) is 28.1 Å². The van der Waals surface area contributed by atoms with Gasteiger partial charge < -0.3 is 27.3 Å². The van der Waals surface area contributed by atoms with Crippen LogP contribution in [-0.2, 0) is 16.0 Å². The lowest BCUT2D eigenvalue weighted by atomic mass is 9.92. The Labute approximate surface area is 151 Å². The molecule has 0 unspecified atom stereocenters. The average Bonchev–Trinajstić information content (AvgIpc) is 3.00. The first-order chi connectivity index (χ1) is 12.4. The molecule has 0 bridgehead atoms. The lowest BCUT2D eigenvalue weighted by Crippen LogP contribution is -2.35. The van der Waals surface area contributed by atoms with E-state index in [0.29, 0.717) is 25.8 Å². The minimum absolute atomic E-state index is 0.0336. The minimum Gasteiger partial charge on any atom is -0.481 e. The second-order valence-corrected chi connectivity index (χ2v) is 6.32. The van der Waals surface area contributed by atoms with Gasteiger partial charge in [0.05, 0.1) is 12.0 Å². The number of hydrogen-bond acceptors (Lipinski definition) is 4. The highest BCUT2D eigenvalue weighted by Crippen LogP contribution is 2.20. The SMILES string of the molecule is NC(N)=NCCC[C@H](CC(=O)[C@@H](N)Cc1c[nH]c2ccccc12)C(=O)O. The van der Waals surface area contributed by atoms with Gasteiger partial charge in [-0.05, 0) is 30.9 Å². The van der Waals surface area contributed by atoms with Gasteiger partial charge in [-0.15, -0.1) is 0 Å². The number of aliphatic carboxylic acids is 1. The van der Waals surface area contributed by atoms with Gasteiger partial charge in [0.2, 0.25) is 0 Å². The molecule has 1 aromatic heterocycles. The van der Waals surface area contributed by atoms with Crippen molar-refractivity contribution in [2.45, 2.75) is 31.7 Å². The summed E-state index contributed by atoms with van der Waals surface area (Å²) in [6.07, 6.45) is 2.91. The monoisotopic (exact) mass is 359 g/mol. The van der Waals surface area contributed by atoms with Crippen LogP contribution < -0.4 is 17.2 Å². The first-order valence-electron chi connectivity index (χ1n) is 8.50. The number of aliphatic imine (C=N–C) groups is 1. The number of Topliss-reactive ketones (excluding diaryl/α,β-unsaturated/α-hetero) is 1. The molecule has 140 valence electrons. The van der Waals surface area contributed by atoms with Crippen LogP contribution in [0.15, 0.2) is 35.5 Å². The molecule has 1 aromatic carbocycles. The van der Waals surface area contributed by atoms with Crippen molar-refractivity contribution in [1.29, 1.82) is 0 Å². The largest absolute Gasteiger partial charge is 0.481 e. The van der Waals surface area contributed by atoms with E-state index >= 15 is 0 Å². The number of H-pyrrole nitrogens is 1.